The Morgan fingerprint density at radius 1 is 1.17 bits per heavy atom. The fraction of sp³-hybridized carbons (Fsp3) is 0.364. The number of aliphatic imine (C=N–C) groups is 1. The van der Waals surface area contributed by atoms with Crippen LogP contribution in [0.4, 0.5) is 0 Å². The fourth-order valence-corrected chi connectivity index (χ4v) is 3.82. The molecule has 2 atom stereocenters. The largest absolute Gasteiger partial charge is 0.458 e. The number of nitrogens with zero attached hydrogens (tertiary/aromatic N) is 1. The second-order valence-electron chi connectivity index (χ2n) is 7.61. The summed E-state index contributed by atoms with van der Waals surface area (Å²) in [5, 5.41) is 6.69. The molecule has 0 saturated carbocycles. The number of carbonyl (C=O) groups excluding carboxylic acids is 1. The summed E-state index contributed by atoms with van der Waals surface area (Å²) in [4.78, 5) is 16.7. The van der Waals surface area contributed by atoms with Gasteiger partial charge in [0.2, 0.25) is 0 Å². The average molecular weight is 393 g/mol. The molecule has 3 aliphatic rings. The van der Waals surface area contributed by atoms with Crippen molar-refractivity contribution >= 4 is 11.7 Å². The number of para-hydroxylation sites is 1. The number of primary amides is 1. The van der Waals surface area contributed by atoms with Crippen LogP contribution in [0.1, 0.15) is 12.8 Å². The zero-order valence-corrected chi connectivity index (χ0v) is 16.3. The van der Waals surface area contributed by atoms with E-state index in [1.807, 2.05) is 48.6 Å². The number of nitrogens with two attached hydrogens (primary N) is 2. The Labute approximate surface area is 170 Å². The highest BCUT2D eigenvalue weighted by molar-refractivity contribution is 6.21. The number of allylic oxidation sites excluding steroid dienone is 3. The molecule has 0 bridgehead atoms. The maximum absolute atomic E-state index is 12.2. The van der Waals surface area contributed by atoms with Crippen LogP contribution in [0, 0.1) is 11.8 Å². The molecule has 7 heteroatoms. The lowest BCUT2D eigenvalue weighted by atomic mass is 9.89. The molecule has 1 aliphatic carbocycles. The van der Waals surface area contributed by atoms with Crippen molar-refractivity contribution in [2.45, 2.75) is 18.9 Å². The van der Waals surface area contributed by atoms with E-state index in [0.717, 1.165) is 31.0 Å². The maximum atomic E-state index is 12.2. The van der Waals surface area contributed by atoms with Gasteiger partial charge in [-0.15, -0.1) is 0 Å². The third-order valence-corrected chi connectivity index (χ3v) is 5.63. The molecule has 7 nitrogen and oxygen atoms in total. The van der Waals surface area contributed by atoms with Gasteiger partial charge in [-0.1, -0.05) is 24.3 Å². The van der Waals surface area contributed by atoms with E-state index in [4.69, 9.17) is 16.2 Å². The highest BCUT2D eigenvalue weighted by Crippen LogP contribution is 2.26. The second-order valence-corrected chi connectivity index (χ2v) is 7.61. The van der Waals surface area contributed by atoms with Crippen LogP contribution in [0.2, 0.25) is 0 Å². The molecule has 2 heterocycles. The number of rotatable bonds is 6. The molecule has 1 amide bonds. The Morgan fingerprint density at radius 2 is 1.97 bits per heavy atom. The Balaban J connectivity index is 1.48. The van der Waals surface area contributed by atoms with Crippen LogP contribution in [0.3, 0.4) is 0 Å². The van der Waals surface area contributed by atoms with E-state index >= 15 is 0 Å². The summed E-state index contributed by atoms with van der Waals surface area (Å²) in [6.45, 7) is 2.63. The molecule has 6 N–H and O–H groups in total. The fourth-order valence-electron chi connectivity index (χ4n) is 3.82. The lowest BCUT2D eigenvalue weighted by molar-refractivity contribution is -0.114. The van der Waals surface area contributed by atoms with Crippen molar-refractivity contribution in [2.75, 3.05) is 19.6 Å². The molecule has 1 unspecified atom stereocenters. The Kier molecular flexibility index (Phi) is 5.67. The van der Waals surface area contributed by atoms with Crippen LogP contribution >= 0.6 is 0 Å². The van der Waals surface area contributed by atoms with Gasteiger partial charge in [0.05, 0.1) is 0 Å². The van der Waals surface area contributed by atoms with Gasteiger partial charge in [-0.25, -0.2) is 0 Å². The van der Waals surface area contributed by atoms with Gasteiger partial charge >= 0.3 is 0 Å². The maximum Gasteiger partial charge on any atom is 0.254 e. The Bertz CT molecular complexity index is 884. The summed E-state index contributed by atoms with van der Waals surface area (Å²) in [6, 6.07) is 9.89. The van der Waals surface area contributed by atoms with Crippen molar-refractivity contribution in [3.63, 3.8) is 0 Å². The minimum absolute atomic E-state index is 0.129. The molecule has 0 aromatic heterocycles. The average Bonchev–Trinajstić information content (AvgIpc) is 2.68. The number of amidine groups is 1. The second kappa shape index (κ2) is 8.53. The van der Waals surface area contributed by atoms with Gasteiger partial charge in [0, 0.05) is 43.2 Å². The first kappa shape index (κ1) is 19.3. The lowest BCUT2D eigenvalue weighted by Gasteiger charge is -2.38. The first-order valence-corrected chi connectivity index (χ1v) is 10.0. The van der Waals surface area contributed by atoms with Crippen LogP contribution in [0.25, 0.3) is 0 Å². The van der Waals surface area contributed by atoms with E-state index in [-0.39, 0.29) is 5.92 Å². The smallest absolute Gasteiger partial charge is 0.254 e. The number of nitrogens with one attached hydrogen (secondary N) is 2. The van der Waals surface area contributed by atoms with E-state index in [2.05, 4.69) is 15.6 Å². The number of carbonyl (C=O) groups is 1. The number of hydrogen-bond acceptors (Lipinski definition) is 6. The number of amides is 1. The molecule has 4 rings (SSSR count). The molecule has 1 aromatic rings. The van der Waals surface area contributed by atoms with Crippen molar-refractivity contribution in [2.24, 2.45) is 28.3 Å². The summed E-state index contributed by atoms with van der Waals surface area (Å²) in [6.07, 6.45) is 7.39. The van der Waals surface area contributed by atoms with E-state index in [1.54, 1.807) is 0 Å². The zero-order chi connectivity index (χ0) is 20.2. The third-order valence-electron chi connectivity index (χ3n) is 5.63. The predicted molar refractivity (Wildman–Crippen MR) is 113 cm³/mol. The predicted octanol–water partition coefficient (Wildman–Crippen LogP) is 1.20. The highest BCUT2D eigenvalue weighted by atomic mass is 16.5. The van der Waals surface area contributed by atoms with Gasteiger partial charge in [-0.05, 0) is 37.1 Å². The highest BCUT2D eigenvalue weighted by Gasteiger charge is 2.32. The van der Waals surface area contributed by atoms with Crippen LogP contribution in [0.5, 0.6) is 5.75 Å². The molecular weight excluding hydrogens is 366 g/mol. The van der Waals surface area contributed by atoms with Crippen LogP contribution < -0.4 is 26.8 Å². The van der Waals surface area contributed by atoms with Gasteiger partial charge in [0.25, 0.3) is 5.91 Å². The molecule has 29 heavy (non-hydrogen) atoms. The molecular formula is C22H27N5O2. The normalized spacial score (nSPS) is 25.1. The monoisotopic (exact) mass is 393 g/mol. The first-order chi connectivity index (χ1) is 14.1. The Morgan fingerprint density at radius 3 is 2.59 bits per heavy atom. The first-order valence-electron chi connectivity index (χ1n) is 10.0. The quantitative estimate of drug-likeness (QED) is 0.542. The van der Waals surface area contributed by atoms with E-state index < -0.39 is 5.91 Å². The number of benzene rings is 1. The third kappa shape index (κ3) is 4.35. The summed E-state index contributed by atoms with van der Waals surface area (Å²) >= 11 is 0. The number of hydrogen-bond donors (Lipinski definition) is 4. The van der Waals surface area contributed by atoms with Gasteiger partial charge < -0.3 is 26.8 Å². The SMILES string of the molecule is NC(=O)C(C1=NCC[C@H](C2CNC2)N1)=C(N)C1C=CC(Oc2ccccc2)=CC1. The molecule has 0 spiro atoms. The van der Waals surface area contributed by atoms with Crippen molar-refractivity contribution in [3.05, 3.63) is 65.6 Å². The van der Waals surface area contributed by atoms with E-state index in [0.29, 0.717) is 42.0 Å². The number of ether oxygens (including phenoxy) is 1. The van der Waals surface area contributed by atoms with Crippen LogP contribution in [-0.4, -0.2) is 37.4 Å². The van der Waals surface area contributed by atoms with Crippen molar-refractivity contribution in [3.8, 4) is 5.75 Å². The van der Waals surface area contributed by atoms with Gasteiger partial charge in [-0.3, -0.25) is 9.79 Å². The molecule has 0 radical (unpaired) electrons. The van der Waals surface area contributed by atoms with Gasteiger partial charge in [-0.2, -0.15) is 0 Å². The minimum Gasteiger partial charge on any atom is -0.458 e. The molecule has 1 aromatic carbocycles. The summed E-state index contributed by atoms with van der Waals surface area (Å²) in [5.41, 5.74) is 12.9. The molecule has 152 valence electrons. The molecule has 2 aliphatic heterocycles. The Hall–Kier alpha value is -3.06. The summed E-state index contributed by atoms with van der Waals surface area (Å²) in [7, 11) is 0. The standard InChI is InChI=1S/C22H27N5O2/c23-20(14-6-8-17(9-7-14)29-16-4-2-1-3-5-16)19(21(24)28)22-26-11-10-18(27-22)15-12-25-13-15/h1-6,8-9,14-15,18,25H,7,10-13,23H2,(H2,24,28)(H,26,27)/t14?,18-/m1/s1. The molecule has 1 saturated heterocycles. The zero-order valence-electron chi connectivity index (χ0n) is 16.3. The lowest BCUT2D eigenvalue weighted by Crippen LogP contribution is -2.57. The molecule has 1 fully saturated rings. The van der Waals surface area contributed by atoms with E-state index in [1.165, 1.54) is 0 Å². The minimum atomic E-state index is -0.551. The van der Waals surface area contributed by atoms with Gasteiger partial charge in [0.1, 0.15) is 22.9 Å². The van der Waals surface area contributed by atoms with Crippen molar-refractivity contribution in [1.82, 2.24) is 10.6 Å². The van der Waals surface area contributed by atoms with Crippen molar-refractivity contribution in [1.29, 1.82) is 0 Å². The van der Waals surface area contributed by atoms with Crippen LogP contribution in [0.15, 0.2) is 70.6 Å². The van der Waals surface area contributed by atoms with Gasteiger partial charge in [0.15, 0.2) is 0 Å². The van der Waals surface area contributed by atoms with E-state index in [9.17, 15) is 4.79 Å². The summed E-state index contributed by atoms with van der Waals surface area (Å²) in [5.74, 6) is 1.93. The van der Waals surface area contributed by atoms with Crippen LogP contribution in [-0.2, 0) is 4.79 Å². The topological polar surface area (TPSA) is 115 Å². The van der Waals surface area contributed by atoms with Crippen molar-refractivity contribution < 1.29 is 9.53 Å². The summed E-state index contributed by atoms with van der Waals surface area (Å²) < 4.78 is 5.85.